The van der Waals surface area contributed by atoms with Gasteiger partial charge < -0.3 is 9.67 Å². The Balaban J connectivity index is 2.52. The van der Waals surface area contributed by atoms with E-state index in [0.717, 1.165) is 10.7 Å². The van der Waals surface area contributed by atoms with E-state index in [-0.39, 0.29) is 0 Å². The Labute approximate surface area is 90.8 Å². The third kappa shape index (κ3) is 1.66. The van der Waals surface area contributed by atoms with Crippen LogP contribution in [0.1, 0.15) is 15.4 Å². The Morgan fingerprint density at radius 3 is 2.80 bits per heavy atom. The fourth-order valence-electron chi connectivity index (χ4n) is 1.39. The molecule has 15 heavy (non-hydrogen) atoms. The fourth-order valence-corrected chi connectivity index (χ4v) is 2.36. The normalized spacial score (nSPS) is 10.5. The van der Waals surface area contributed by atoms with Crippen molar-refractivity contribution in [2.24, 2.45) is 7.05 Å². The van der Waals surface area contributed by atoms with Crippen LogP contribution in [0.15, 0.2) is 18.3 Å². The largest absolute Gasteiger partial charge is 0.477 e. The van der Waals surface area contributed by atoms with Crippen molar-refractivity contribution in [3.63, 3.8) is 0 Å². The molecule has 0 aromatic carbocycles. The van der Waals surface area contributed by atoms with Crippen molar-refractivity contribution in [1.82, 2.24) is 9.55 Å². The van der Waals surface area contributed by atoms with E-state index in [0.29, 0.717) is 10.6 Å². The van der Waals surface area contributed by atoms with E-state index in [4.69, 9.17) is 5.11 Å². The van der Waals surface area contributed by atoms with Crippen LogP contribution in [0, 0.1) is 6.92 Å². The molecule has 2 heterocycles. The van der Waals surface area contributed by atoms with Crippen molar-refractivity contribution in [1.29, 1.82) is 0 Å². The Morgan fingerprint density at radius 1 is 1.60 bits per heavy atom. The van der Waals surface area contributed by atoms with Gasteiger partial charge in [0.25, 0.3) is 0 Å². The molecule has 0 amide bonds. The maximum Gasteiger partial charge on any atom is 0.347 e. The van der Waals surface area contributed by atoms with Crippen molar-refractivity contribution in [3.8, 4) is 10.7 Å². The molecule has 0 atom stereocenters. The highest BCUT2D eigenvalue weighted by atomic mass is 32.1. The molecule has 0 aliphatic rings. The zero-order chi connectivity index (χ0) is 11.0. The minimum Gasteiger partial charge on any atom is -0.477 e. The summed E-state index contributed by atoms with van der Waals surface area (Å²) in [5.74, 6) is -0.912. The summed E-state index contributed by atoms with van der Waals surface area (Å²) >= 11 is 1.21. The predicted molar refractivity (Wildman–Crippen MR) is 58.2 cm³/mol. The van der Waals surface area contributed by atoms with E-state index < -0.39 is 5.97 Å². The van der Waals surface area contributed by atoms with Gasteiger partial charge >= 0.3 is 5.97 Å². The zero-order valence-electron chi connectivity index (χ0n) is 8.39. The maximum absolute atomic E-state index is 10.9. The molecule has 2 aromatic rings. The number of aromatic nitrogens is 2. The first-order chi connectivity index (χ1) is 7.09. The first kappa shape index (κ1) is 9.92. The SMILES string of the molecule is Cc1nc(-c2cccn2C)sc1C(=O)O. The number of carboxylic acids is 1. The van der Waals surface area contributed by atoms with Crippen LogP contribution >= 0.6 is 11.3 Å². The van der Waals surface area contributed by atoms with Crippen molar-refractivity contribution in [2.45, 2.75) is 6.92 Å². The van der Waals surface area contributed by atoms with Crippen molar-refractivity contribution in [3.05, 3.63) is 28.9 Å². The Bertz CT molecular complexity index is 513. The highest BCUT2D eigenvalue weighted by molar-refractivity contribution is 7.17. The summed E-state index contributed by atoms with van der Waals surface area (Å²) in [6, 6.07) is 3.83. The van der Waals surface area contributed by atoms with Gasteiger partial charge in [0.2, 0.25) is 0 Å². The molecule has 0 saturated heterocycles. The highest BCUT2D eigenvalue weighted by Crippen LogP contribution is 2.27. The molecule has 0 fully saturated rings. The fraction of sp³-hybridized carbons (Fsp3) is 0.200. The van der Waals surface area contributed by atoms with Gasteiger partial charge in [0.15, 0.2) is 0 Å². The molecule has 0 aliphatic carbocycles. The monoisotopic (exact) mass is 222 g/mol. The first-order valence-corrected chi connectivity index (χ1v) is 5.23. The summed E-state index contributed by atoms with van der Waals surface area (Å²) in [4.78, 5) is 15.4. The summed E-state index contributed by atoms with van der Waals surface area (Å²) in [7, 11) is 1.91. The molecule has 2 rings (SSSR count). The molecule has 0 saturated carbocycles. The molecule has 0 unspecified atom stereocenters. The number of hydrogen-bond donors (Lipinski definition) is 1. The Morgan fingerprint density at radius 2 is 2.33 bits per heavy atom. The van der Waals surface area contributed by atoms with Crippen LogP contribution in [0.25, 0.3) is 10.7 Å². The molecule has 0 spiro atoms. The standard InChI is InChI=1S/C10H10N2O2S/c1-6-8(10(13)14)15-9(11-6)7-4-3-5-12(7)2/h3-5H,1-2H3,(H,13,14). The molecule has 5 heteroatoms. The second-order valence-corrected chi connectivity index (χ2v) is 4.24. The van der Waals surface area contributed by atoms with Crippen molar-refractivity contribution >= 4 is 17.3 Å². The number of rotatable bonds is 2. The topological polar surface area (TPSA) is 55.1 Å². The lowest BCUT2D eigenvalue weighted by Crippen LogP contribution is -1.94. The van der Waals surface area contributed by atoms with Crippen molar-refractivity contribution in [2.75, 3.05) is 0 Å². The minimum atomic E-state index is -0.912. The molecule has 0 aliphatic heterocycles. The number of aryl methyl sites for hydroxylation is 2. The van der Waals surface area contributed by atoms with Gasteiger partial charge in [-0.25, -0.2) is 9.78 Å². The van der Waals surface area contributed by atoms with Crippen LogP contribution in [0.5, 0.6) is 0 Å². The third-order valence-corrected chi connectivity index (χ3v) is 3.32. The van der Waals surface area contributed by atoms with Crippen molar-refractivity contribution < 1.29 is 9.90 Å². The van der Waals surface area contributed by atoms with E-state index in [1.54, 1.807) is 6.92 Å². The molecular weight excluding hydrogens is 212 g/mol. The highest BCUT2D eigenvalue weighted by Gasteiger charge is 2.15. The van der Waals surface area contributed by atoms with Gasteiger partial charge in [0.1, 0.15) is 9.88 Å². The van der Waals surface area contributed by atoms with Gasteiger partial charge in [-0.05, 0) is 19.1 Å². The number of carbonyl (C=O) groups is 1. The van der Waals surface area contributed by atoms with E-state index in [9.17, 15) is 4.79 Å². The second-order valence-electron chi connectivity index (χ2n) is 3.24. The van der Waals surface area contributed by atoms with Crippen LogP contribution in [0.3, 0.4) is 0 Å². The Kier molecular flexibility index (Phi) is 2.32. The molecule has 4 nitrogen and oxygen atoms in total. The summed E-state index contributed by atoms with van der Waals surface area (Å²) in [6.45, 7) is 1.71. The number of nitrogens with zero attached hydrogens (tertiary/aromatic N) is 2. The molecular formula is C10H10N2O2S. The van der Waals surface area contributed by atoms with Gasteiger partial charge in [-0.1, -0.05) is 0 Å². The van der Waals surface area contributed by atoms with E-state index in [1.165, 1.54) is 11.3 Å². The minimum absolute atomic E-state index is 0.311. The average molecular weight is 222 g/mol. The van der Waals surface area contributed by atoms with Crippen LogP contribution < -0.4 is 0 Å². The average Bonchev–Trinajstić information content (AvgIpc) is 2.71. The zero-order valence-corrected chi connectivity index (χ0v) is 9.21. The van der Waals surface area contributed by atoms with E-state index >= 15 is 0 Å². The van der Waals surface area contributed by atoms with Gasteiger partial charge in [0.05, 0.1) is 11.4 Å². The van der Waals surface area contributed by atoms with Crippen LogP contribution in [-0.2, 0) is 7.05 Å². The number of hydrogen-bond acceptors (Lipinski definition) is 3. The van der Waals surface area contributed by atoms with E-state index in [1.807, 2.05) is 29.9 Å². The molecule has 1 N–H and O–H groups in total. The lowest BCUT2D eigenvalue weighted by Gasteiger charge is -1.96. The molecule has 78 valence electrons. The van der Waals surface area contributed by atoms with Gasteiger partial charge in [-0.3, -0.25) is 0 Å². The summed E-state index contributed by atoms with van der Waals surface area (Å²) in [6.07, 6.45) is 1.91. The summed E-state index contributed by atoms with van der Waals surface area (Å²) in [5, 5.41) is 9.66. The van der Waals surface area contributed by atoms with Crippen LogP contribution in [0.4, 0.5) is 0 Å². The molecule has 2 aromatic heterocycles. The molecule has 0 radical (unpaired) electrons. The summed E-state index contributed by atoms with van der Waals surface area (Å²) in [5.41, 5.74) is 1.51. The first-order valence-electron chi connectivity index (χ1n) is 4.42. The smallest absolute Gasteiger partial charge is 0.347 e. The van der Waals surface area contributed by atoms with E-state index in [2.05, 4.69) is 4.98 Å². The lowest BCUT2D eigenvalue weighted by molar-refractivity contribution is 0.0701. The van der Waals surface area contributed by atoms with Gasteiger partial charge in [-0.2, -0.15) is 0 Å². The summed E-state index contributed by atoms with van der Waals surface area (Å²) < 4.78 is 1.92. The number of thiazole rings is 1. The van der Waals surface area contributed by atoms with Gasteiger partial charge in [0, 0.05) is 13.2 Å². The predicted octanol–water partition coefficient (Wildman–Crippen LogP) is 2.16. The van der Waals surface area contributed by atoms with Crippen LogP contribution in [0.2, 0.25) is 0 Å². The third-order valence-electron chi connectivity index (χ3n) is 2.15. The second kappa shape index (κ2) is 3.51. The maximum atomic E-state index is 10.9. The quantitative estimate of drug-likeness (QED) is 0.847. The van der Waals surface area contributed by atoms with Gasteiger partial charge in [-0.15, -0.1) is 11.3 Å². The molecule has 0 bridgehead atoms. The lowest BCUT2D eigenvalue weighted by atomic mass is 10.4. The number of aromatic carboxylic acids is 1. The Hall–Kier alpha value is -1.62. The van der Waals surface area contributed by atoms with Crippen LogP contribution in [-0.4, -0.2) is 20.6 Å². The number of carboxylic acid groups (broad SMARTS) is 1.